The van der Waals surface area contributed by atoms with Gasteiger partial charge in [0.1, 0.15) is 34.1 Å². The van der Waals surface area contributed by atoms with Crippen LogP contribution >= 0.6 is 10.0 Å². The van der Waals surface area contributed by atoms with E-state index in [4.69, 9.17) is 4.74 Å². The van der Waals surface area contributed by atoms with E-state index in [1.807, 2.05) is 6.92 Å². The first-order chi connectivity index (χ1) is 22.0. The fraction of sp³-hybridized carbons (Fsp3) is 0.594. The van der Waals surface area contributed by atoms with Crippen molar-refractivity contribution in [1.29, 1.82) is 0 Å². The minimum Gasteiger partial charge on any atom is -0.358 e. The quantitative estimate of drug-likeness (QED) is 0.145. The van der Waals surface area contributed by atoms with Gasteiger partial charge in [-0.25, -0.2) is 28.1 Å². The third-order valence-corrected chi connectivity index (χ3v) is 10.3. The van der Waals surface area contributed by atoms with Crippen LogP contribution in [0.4, 0.5) is 10.2 Å². The minimum absolute atomic E-state index is 0.00206. The molecule has 15 heteroatoms. The number of rotatable bonds is 18. The van der Waals surface area contributed by atoms with Gasteiger partial charge in [0.25, 0.3) is 5.91 Å². The average molecular weight is 696 g/mol. The van der Waals surface area contributed by atoms with E-state index in [0.717, 1.165) is 30.5 Å². The van der Waals surface area contributed by atoms with Gasteiger partial charge in [-0.3, -0.25) is 14.3 Å². The van der Waals surface area contributed by atoms with Crippen molar-refractivity contribution in [3.8, 4) is 11.1 Å². The lowest BCUT2D eigenvalue weighted by Crippen LogP contribution is -2.44. The maximum absolute atomic E-state index is 15.5. The number of halogens is 1. The zero-order chi connectivity index (χ0) is 34.9. The molecule has 47 heavy (non-hydrogen) atoms. The second kappa shape index (κ2) is 16.7. The Hall–Kier alpha value is -3.30. The maximum atomic E-state index is 15.5. The summed E-state index contributed by atoms with van der Waals surface area (Å²) in [5.41, 5.74) is 2.37. The third-order valence-electron chi connectivity index (χ3n) is 7.94. The number of carbonyl (C=O) groups is 2. The van der Waals surface area contributed by atoms with Crippen molar-refractivity contribution in [2.24, 2.45) is 5.92 Å². The molecule has 0 aliphatic carbocycles. The summed E-state index contributed by atoms with van der Waals surface area (Å²) in [5, 5.41) is 14.0. The molecule has 0 aromatic carbocycles. The molecular weight excluding hydrogens is 646 g/mol. The minimum atomic E-state index is -3.28. The lowest BCUT2D eigenvalue weighted by Gasteiger charge is -2.24. The molecule has 3 aromatic rings. The molecule has 0 aliphatic rings. The number of hydrogen-bond acceptors (Lipinski definition) is 8. The summed E-state index contributed by atoms with van der Waals surface area (Å²) in [6, 6.07) is 3.59. The highest BCUT2D eigenvalue weighted by molar-refractivity contribution is 8.32. The van der Waals surface area contributed by atoms with Crippen LogP contribution in [-0.2, 0) is 32.6 Å². The van der Waals surface area contributed by atoms with E-state index in [1.54, 1.807) is 17.7 Å². The van der Waals surface area contributed by atoms with Gasteiger partial charge in [-0.05, 0) is 63.2 Å². The van der Waals surface area contributed by atoms with Gasteiger partial charge in [0.05, 0.1) is 24.6 Å². The molecule has 0 saturated carbocycles. The van der Waals surface area contributed by atoms with E-state index >= 15 is 4.39 Å². The van der Waals surface area contributed by atoms with Gasteiger partial charge in [-0.15, -0.1) is 0 Å². The highest BCUT2D eigenvalue weighted by Gasteiger charge is 2.25. The van der Waals surface area contributed by atoms with Crippen LogP contribution in [0.2, 0.25) is 0 Å². The summed E-state index contributed by atoms with van der Waals surface area (Å²) in [6.07, 6.45) is 12.1. The van der Waals surface area contributed by atoms with Crippen LogP contribution in [0.5, 0.6) is 0 Å². The Morgan fingerprint density at radius 2 is 1.77 bits per heavy atom. The Morgan fingerprint density at radius 1 is 1.04 bits per heavy atom. The van der Waals surface area contributed by atoms with Crippen molar-refractivity contribution in [1.82, 2.24) is 29.9 Å². The number of amides is 2. The summed E-state index contributed by atoms with van der Waals surface area (Å²) < 4.78 is 47.6. The number of carbonyl (C=O) groups excluding carboxylic acids is 2. The molecule has 0 radical (unpaired) electrons. The SMILES string of the molecule is CC[C@@H](C)CCC[C@H](NC(=O)c1ccnn1CCS(C)(=O)=O)C(=O)Nc1ccc(-c2c(C)nn(COCCS(C)(C)C)c2C)c(F)n1. The first-order valence-electron chi connectivity index (χ1n) is 15.7. The molecule has 3 heterocycles. The monoisotopic (exact) mass is 695 g/mol. The summed E-state index contributed by atoms with van der Waals surface area (Å²) in [7, 11) is -3.96. The number of hydrogen-bond donors (Lipinski definition) is 2. The molecule has 0 saturated heterocycles. The van der Waals surface area contributed by atoms with Crippen LogP contribution in [-0.4, -0.2) is 94.0 Å². The van der Waals surface area contributed by atoms with Crippen LogP contribution in [0.15, 0.2) is 24.4 Å². The molecule has 0 aliphatic heterocycles. The van der Waals surface area contributed by atoms with Gasteiger partial charge in [0, 0.05) is 35.0 Å². The molecule has 0 spiro atoms. The third kappa shape index (κ3) is 11.7. The standard InChI is InChI=1S/C32H50FN7O5S2/c1-9-22(2)11-10-12-26(35-32(42)27-15-16-34-39(27)17-19-47(8,43)44)31(41)37-28-14-13-25(30(33)36-28)29-23(3)38-40(24(29)4)21-45-18-20-46(5,6)7/h13-16,22,26H,9-12,17-21H2,1-8H3,(H,35,42)(H,36,37,41)/t22-,26+/m1/s1. The maximum Gasteiger partial charge on any atom is 0.270 e. The summed E-state index contributed by atoms with van der Waals surface area (Å²) in [4.78, 5) is 30.7. The van der Waals surface area contributed by atoms with Gasteiger partial charge < -0.3 is 15.4 Å². The van der Waals surface area contributed by atoms with Crippen molar-refractivity contribution < 1.29 is 27.1 Å². The zero-order valence-electron chi connectivity index (χ0n) is 28.8. The van der Waals surface area contributed by atoms with Crippen LogP contribution in [0, 0.1) is 25.7 Å². The van der Waals surface area contributed by atoms with Gasteiger partial charge in [-0.2, -0.15) is 14.6 Å². The molecule has 2 atom stereocenters. The number of pyridine rings is 1. The molecule has 12 nitrogen and oxygen atoms in total. The molecule has 2 N–H and O–H groups in total. The number of nitrogens with zero attached hydrogens (tertiary/aromatic N) is 5. The van der Waals surface area contributed by atoms with E-state index in [1.165, 1.54) is 23.0 Å². The van der Waals surface area contributed by atoms with Crippen LogP contribution in [0.25, 0.3) is 11.1 Å². The van der Waals surface area contributed by atoms with Crippen molar-refractivity contribution in [2.45, 2.75) is 72.7 Å². The van der Waals surface area contributed by atoms with Crippen LogP contribution in [0.1, 0.15) is 61.4 Å². The molecule has 0 fully saturated rings. The fourth-order valence-electron chi connectivity index (χ4n) is 4.91. The normalized spacial score (nSPS) is 13.7. The fourth-order valence-corrected chi connectivity index (χ4v) is 6.03. The predicted octanol–water partition coefficient (Wildman–Crippen LogP) is 4.56. The Morgan fingerprint density at radius 3 is 2.40 bits per heavy atom. The number of aryl methyl sites for hydroxylation is 2. The Bertz CT molecular complexity index is 1630. The second-order valence-corrected chi connectivity index (χ2v) is 19.8. The van der Waals surface area contributed by atoms with Crippen molar-refractivity contribution in [3.63, 3.8) is 0 Å². The molecule has 262 valence electrons. The summed E-state index contributed by atoms with van der Waals surface area (Å²) >= 11 is 0. The van der Waals surface area contributed by atoms with E-state index in [2.05, 4.69) is 58.4 Å². The zero-order valence-corrected chi connectivity index (χ0v) is 30.4. The Kier molecular flexibility index (Phi) is 13.5. The number of ether oxygens (including phenoxy) is 1. The number of sulfone groups is 1. The molecule has 3 aromatic heterocycles. The number of aromatic nitrogens is 5. The van der Waals surface area contributed by atoms with Crippen molar-refractivity contribution in [3.05, 3.63) is 47.4 Å². The van der Waals surface area contributed by atoms with E-state index in [-0.39, 0.29) is 36.1 Å². The smallest absolute Gasteiger partial charge is 0.270 e. The van der Waals surface area contributed by atoms with Gasteiger partial charge in [-0.1, -0.05) is 33.1 Å². The molecule has 3 rings (SSSR count). The highest BCUT2D eigenvalue weighted by atomic mass is 32.3. The first-order valence-corrected chi connectivity index (χ1v) is 20.8. The summed E-state index contributed by atoms with van der Waals surface area (Å²) in [6.45, 7) is 8.73. The van der Waals surface area contributed by atoms with Crippen LogP contribution in [0.3, 0.4) is 0 Å². The molecule has 0 bridgehead atoms. The van der Waals surface area contributed by atoms with Crippen LogP contribution < -0.4 is 10.6 Å². The number of anilines is 1. The van der Waals surface area contributed by atoms with Crippen molar-refractivity contribution in [2.75, 3.05) is 48.5 Å². The topological polar surface area (TPSA) is 150 Å². The van der Waals surface area contributed by atoms with E-state index < -0.39 is 43.7 Å². The first kappa shape index (κ1) is 38.2. The Balaban J connectivity index is 1.75. The predicted molar refractivity (Wildman–Crippen MR) is 186 cm³/mol. The second-order valence-electron chi connectivity index (χ2n) is 12.9. The van der Waals surface area contributed by atoms with Crippen molar-refractivity contribution >= 4 is 37.5 Å². The van der Waals surface area contributed by atoms with E-state index in [0.29, 0.717) is 36.6 Å². The largest absolute Gasteiger partial charge is 0.358 e. The van der Waals surface area contributed by atoms with Gasteiger partial charge in [0.2, 0.25) is 11.9 Å². The van der Waals surface area contributed by atoms with Gasteiger partial charge >= 0.3 is 0 Å². The Labute approximate surface area is 279 Å². The van der Waals surface area contributed by atoms with Gasteiger partial charge in [0.15, 0.2) is 0 Å². The molecule has 0 unspecified atom stereocenters. The lowest BCUT2D eigenvalue weighted by atomic mass is 9.99. The molecular formula is C32H50FN7O5S2. The molecule has 2 amide bonds. The lowest BCUT2D eigenvalue weighted by molar-refractivity contribution is -0.118. The summed E-state index contributed by atoms with van der Waals surface area (Å²) in [5.74, 6) is -0.637. The average Bonchev–Trinajstić information content (AvgIpc) is 3.56. The highest BCUT2D eigenvalue weighted by Crippen LogP contribution is 2.34. The number of nitrogens with one attached hydrogen (secondary N) is 2. The van der Waals surface area contributed by atoms with E-state index in [9.17, 15) is 18.0 Å².